The van der Waals surface area contributed by atoms with Crippen molar-refractivity contribution in [2.75, 3.05) is 32.8 Å². The summed E-state index contributed by atoms with van der Waals surface area (Å²) < 4.78 is 24.9. The lowest BCUT2D eigenvalue weighted by Crippen LogP contribution is -2.55. The van der Waals surface area contributed by atoms with E-state index in [0.717, 1.165) is 26.3 Å². The van der Waals surface area contributed by atoms with E-state index in [1.807, 2.05) is 0 Å². The van der Waals surface area contributed by atoms with Gasteiger partial charge in [-0.15, -0.1) is 0 Å². The summed E-state index contributed by atoms with van der Waals surface area (Å²) in [5.41, 5.74) is 0.322. The van der Waals surface area contributed by atoms with Crippen LogP contribution in [0.4, 0.5) is 4.39 Å². The number of benzene rings is 1. The fourth-order valence-electron chi connectivity index (χ4n) is 3.24. The summed E-state index contributed by atoms with van der Waals surface area (Å²) in [5, 5.41) is 3.02. The van der Waals surface area contributed by atoms with Gasteiger partial charge in [0.1, 0.15) is 17.3 Å². The highest BCUT2D eigenvalue weighted by molar-refractivity contribution is 5.76. The Balaban J connectivity index is 1.47. The van der Waals surface area contributed by atoms with Crippen molar-refractivity contribution in [1.29, 1.82) is 0 Å². The number of morpholine rings is 1. The van der Waals surface area contributed by atoms with Crippen LogP contribution in [0.1, 0.15) is 26.0 Å². The zero-order chi connectivity index (χ0) is 19.3. The highest BCUT2D eigenvalue weighted by Gasteiger charge is 2.28. The number of rotatable bonds is 7. The van der Waals surface area contributed by atoms with Gasteiger partial charge in [-0.25, -0.2) is 4.39 Å². The third-order valence-corrected chi connectivity index (χ3v) is 4.98. The first-order valence-electron chi connectivity index (χ1n) is 9.39. The van der Waals surface area contributed by atoms with Gasteiger partial charge in [-0.05, 0) is 38.1 Å². The number of carbonyl (C=O) groups excluding carboxylic acids is 1. The zero-order valence-electron chi connectivity index (χ0n) is 16.0. The Morgan fingerprint density at radius 2 is 1.93 bits per heavy atom. The second-order valence-corrected chi connectivity index (χ2v) is 7.43. The summed E-state index contributed by atoms with van der Waals surface area (Å²) in [6.07, 6.45) is 0.821. The molecule has 1 aliphatic heterocycles. The topological polar surface area (TPSA) is 54.7 Å². The van der Waals surface area contributed by atoms with Gasteiger partial charge in [-0.3, -0.25) is 9.69 Å². The molecule has 0 atom stereocenters. The highest BCUT2D eigenvalue weighted by Crippen LogP contribution is 2.25. The Kier molecular flexibility index (Phi) is 6.29. The SMILES string of the molecule is CC(C)(CNC(=O)CCc1ccc(-c2ccccc2F)o1)N1CCOCC1. The van der Waals surface area contributed by atoms with E-state index < -0.39 is 0 Å². The Morgan fingerprint density at radius 1 is 1.19 bits per heavy atom. The number of hydrogen-bond donors (Lipinski definition) is 1. The number of hydrogen-bond acceptors (Lipinski definition) is 4. The number of furan rings is 1. The third kappa shape index (κ3) is 5.17. The van der Waals surface area contributed by atoms with Crippen LogP contribution >= 0.6 is 0 Å². The highest BCUT2D eigenvalue weighted by atomic mass is 19.1. The van der Waals surface area contributed by atoms with Gasteiger partial charge in [0.15, 0.2) is 0 Å². The summed E-state index contributed by atoms with van der Waals surface area (Å²) in [4.78, 5) is 14.6. The molecular weight excluding hydrogens is 347 g/mol. The van der Waals surface area contributed by atoms with Gasteiger partial charge in [0.2, 0.25) is 5.91 Å². The summed E-state index contributed by atoms with van der Waals surface area (Å²) in [7, 11) is 0. The molecule has 3 rings (SSSR count). The minimum atomic E-state index is -0.318. The fraction of sp³-hybridized carbons (Fsp3) is 0.476. The van der Waals surface area contributed by atoms with Crippen molar-refractivity contribution in [3.8, 4) is 11.3 Å². The smallest absolute Gasteiger partial charge is 0.220 e. The maximum absolute atomic E-state index is 13.8. The molecule has 1 aromatic carbocycles. The van der Waals surface area contributed by atoms with Crippen LogP contribution in [0.3, 0.4) is 0 Å². The van der Waals surface area contributed by atoms with Crippen LogP contribution in [-0.2, 0) is 16.0 Å². The van der Waals surface area contributed by atoms with Crippen LogP contribution in [0.15, 0.2) is 40.8 Å². The average Bonchev–Trinajstić information content (AvgIpc) is 3.15. The van der Waals surface area contributed by atoms with Crippen molar-refractivity contribution in [2.45, 2.75) is 32.2 Å². The lowest BCUT2D eigenvalue weighted by molar-refractivity contribution is -0.121. The van der Waals surface area contributed by atoms with Crippen molar-refractivity contribution >= 4 is 5.91 Å². The Hall–Kier alpha value is -2.18. The molecule has 1 fully saturated rings. The number of halogens is 1. The largest absolute Gasteiger partial charge is 0.461 e. The van der Waals surface area contributed by atoms with Gasteiger partial charge in [-0.2, -0.15) is 0 Å². The molecule has 5 nitrogen and oxygen atoms in total. The first-order valence-corrected chi connectivity index (χ1v) is 9.39. The van der Waals surface area contributed by atoms with Crippen molar-refractivity contribution in [3.05, 3.63) is 48.0 Å². The Morgan fingerprint density at radius 3 is 2.67 bits per heavy atom. The molecule has 2 heterocycles. The van der Waals surface area contributed by atoms with Crippen molar-refractivity contribution < 1.29 is 18.3 Å². The fourth-order valence-corrected chi connectivity index (χ4v) is 3.24. The van der Waals surface area contributed by atoms with E-state index in [1.165, 1.54) is 6.07 Å². The summed E-state index contributed by atoms with van der Waals surface area (Å²) in [6, 6.07) is 10.0. The lowest BCUT2D eigenvalue weighted by atomic mass is 10.0. The van der Waals surface area contributed by atoms with Crippen molar-refractivity contribution in [2.24, 2.45) is 0 Å². The average molecular weight is 374 g/mol. The molecular formula is C21H27FN2O3. The number of nitrogens with one attached hydrogen (secondary N) is 1. The standard InChI is InChI=1S/C21H27FN2O3/c1-21(2,24-11-13-26-14-12-24)15-23-20(25)10-8-16-7-9-19(27-16)17-5-3-4-6-18(17)22/h3-7,9H,8,10-15H2,1-2H3,(H,23,25). The summed E-state index contributed by atoms with van der Waals surface area (Å²) in [5.74, 6) is 0.828. The monoisotopic (exact) mass is 374 g/mol. The molecule has 0 saturated carbocycles. The molecule has 0 radical (unpaired) electrons. The molecule has 1 saturated heterocycles. The first-order chi connectivity index (χ1) is 13.0. The molecule has 0 bridgehead atoms. The predicted octanol–water partition coefficient (Wildman–Crippen LogP) is 3.25. The van der Waals surface area contributed by atoms with E-state index >= 15 is 0 Å². The molecule has 1 aliphatic rings. The number of amides is 1. The molecule has 1 aromatic heterocycles. The molecule has 6 heteroatoms. The van der Waals surface area contributed by atoms with E-state index in [9.17, 15) is 9.18 Å². The van der Waals surface area contributed by atoms with Crippen LogP contribution in [-0.4, -0.2) is 49.2 Å². The minimum absolute atomic E-state index is 0.0137. The van der Waals surface area contributed by atoms with Gasteiger partial charge >= 0.3 is 0 Å². The van der Waals surface area contributed by atoms with Crippen molar-refractivity contribution in [1.82, 2.24) is 10.2 Å². The van der Waals surface area contributed by atoms with Crippen LogP contribution in [0.25, 0.3) is 11.3 Å². The summed E-state index contributed by atoms with van der Waals surface area (Å²) >= 11 is 0. The van der Waals surface area contributed by atoms with E-state index in [2.05, 4.69) is 24.1 Å². The van der Waals surface area contributed by atoms with E-state index in [-0.39, 0.29) is 17.3 Å². The Bertz CT molecular complexity index is 766. The van der Waals surface area contributed by atoms with Crippen LogP contribution < -0.4 is 5.32 Å². The first kappa shape index (κ1) is 19.6. The van der Waals surface area contributed by atoms with Crippen molar-refractivity contribution in [3.63, 3.8) is 0 Å². The van der Waals surface area contributed by atoms with Gasteiger partial charge in [0, 0.05) is 38.0 Å². The molecule has 27 heavy (non-hydrogen) atoms. The van der Waals surface area contributed by atoms with Gasteiger partial charge < -0.3 is 14.5 Å². The molecule has 1 N–H and O–H groups in total. The number of carbonyl (C=O) groups is 1. The molecule has 0 unspecified atom stereocenters. The summed E-state index contributed by atoms with van der Waals surface area (Å²) in [6.45, 7) is 8.09. The second kappa shape index (κ2) is 8.67. The molecule has 0 spiro atoms. The predicted molar refractivity (Wildman–Crippen MR) is 102 cm³/mol. The van der Waals surface area contributed by atoms with Crippen LogP contribution in [0.2, 0.25) is 0 Å². The van der Waals surface area contributed by atoms with E-state index in [0.29, 0.717) is 36.5 Å². The lowest BCUT2D eigenvalue weighted by Gasteiger charge is -2.40. The number of nitrogens with zero attached hydrogens (tertiary/aromatic N) is 1. The maximum atomic E-state index is 13.8. The van der Waals surface area contributed by atoms with E-state index in [1.54, 1.807) is 30.3 Å². The third-order valence-electron chi connectivity index (χ3n) is 4.98. The van der Waals surface area contributed by atoms with Gasteiger partial charge in [0.05, 0.1) is 18.8 Å². The second-order valence-electron chi connectivity index (χ2n) is 7.43. The van der Waals surface area contributed by atoms with Gasteiger partial charge in [-0.1, -0.05) is 12.1 Å². The molecule has 146 valence electrons. The van der Waals surface area contributed by atoms with Crippen LogP contribution in [0, 0.1) is 5.82 Å². The Labute approximate surface area is 159 Å². The quantitative estimate of drug-likeness (QED) is 0.808. The van der Waals surface area contributed by atoms with Gasteiger partial charge in [0.25, 0.3) is 0 Å². The number of aryl methyl sites for hydroxylation is 1. The zero-order valence-corrected chi connectivity index (χ0v) is 16.0. The molecule has 2 aromatic rings. The molecule has 1 amide bonds. The maximum Gasteiger partial charge on any atom is 0.220 e. The minimum Gasteiger partial charge on any atom is -0.461 e. The number of ether oxygens (including phenoxy) is 1. The normalized spacial score (nSPS) is 15.7. The van der Waals surface area contributed by atoms with Crippen LogP contribution in [0.5, 0.6) is 0 Å². The molecule has 0 aliphatic carbocycles. The van der Waals surface area contributed by atoms with E-state index in [4.69, 9.17) is 9.15 Å².